The average Bonchev–Trinajstić information content (AvgIpc) is 2.81. The van der Waals surface area contributed by atoms with E-state index in [0.717, 1.165) is 19.1 Å². The highest BCUT2D eigenvalue weighted by molar-refractivity contribution is 5.88. The second kappa shape index (κ2) is 4.83. The molecule has 1 aromatic heterocycles. The Balaban J connectivity index is 2.26. The van der Waals surface area contributed by atoms with Crippen LogP contribution in [0.15, 0.2) is 16.5 Å². The molecular weight excluding hydrogens is 252 g/mol. The van der Waals surface area contributed by atoms with E-state index >= 15 is 0 Å². The second-order valence-corrected chi connectivity index (χ2v) is 4.79. The summed E-state index contributed by atoms with van der Waals surface area (Å²) in [6.45, 7) is 1.59. The van der Waals surface area contributed by atoms with Gasteiger partial charge >= 0.3 is 5.88 Å². The first-order valence-electron chi connectivity index (χ1n) is 6.02. The summed E-state index contributed by atoms with van der Waals surface area (Å²) in [6.07, 6.45) is 3.58. The number of hydrogen-bond donors (Lipinski definition) is 0. The normalized spacial score (nSPS) is 24.5. The van der Waals surface area contributed by atoms with Crippen LogP contribution in [-0.4, -0.2) is 27.2 Å². The third-order valence-corrected chi connectivity index (χ3v) is 3.44. The summed E-state index contributed by atoms with van der Waals surface area (Å²) in [4.78, 5) is 21.6. The van der Waals surface area contributed by atoms with Crippen LogP contribution in [0.4, 0.5) is 5.88 Å². The molecule has 0 aromatic carbocycles. The maximum atomic E-state index is 12.1. The molecule has 0 radical (unpaired) electrons. The molecule has 0 amide bonds. The van der Waals surface area contributed by atoms with E-state index in [1.165, 1.54) is 12.1 Å². The van der Waals surface area contributed by atoms with Gasteiger partial charge in [-0.3, -0.25) is 14.9 Å². The molecule has 0 spiro atoms. The topological polar surface area (TPSA) is 99.4 Å². The van der Waals surface area contributed by atoms with Gasteiger partial charge in [-0.15, -0.1) is 0 Å². The number of carbonyl (C=O) groups is 1. The third-order valence-electron chi connectivity index (χ3n) is 3.44. The zero-order valence-corrected chi connectivity index (χ0v) is 10.5. The fourth-order valence-electron chi connectivity index (χ4n) is 2.16. The van der Waals surface area contributed by atoms with Crippen molar-refractivity contribution in [1.82, 2.24) is 0 Å². The monoisotopic (exact) mass is 266 g/mol. The summed E-state index contributed by atoms with van der Waals surface area (Å²) in [5.41, 5.74) is -1.10. The van der Waals surface area contributed by atoms with E-state index in [0.29, 0.717) is 17.6 Å². The van der Waals surface area contributed by atoms with E-state index in [2.05, 4.69) is 0 Å². The first-order valence-corrected chi connectivity index (χ1v) is 6.02. The fraction of sp³-hybridized carbons (Fsp3) is 0.500. The molecule has 102 valence electrons. The molecule has 7 nitrogen and oxygen atoms in total. The van der Waals surface area contributed by atoms with Gasteiger partial charge in [0.05, 0.1) is 6.07 Å². The zero-order chi connectivity index (χ0) is 14.0. The number of rotatable bonds is 3. The lowest BCUT2D eigenvalue weighted by molar-refractivity contribution is -0.525. The van der Waals surface area contributed by atoms with Crippen LogP contribution in [-0.2, 0) is 4.79 Å². The van der Waals surface area contributed by atoms with Gasteiger partial charge in [0.2, 0.25) is 17.5 Å². The molecule has 1 fully saturated rings. The van der Waals surface area contributed by atoms with Crippen molar-refractivity contribution in [3.63, 3.8) is 0 Å². The molecule has 0 saturated heterocycles. The molecule has 1 atom stereocenters. The van der Waals surface area contributed by atoms with Gasteiger partial charge in [0, 0.05) is 19.8 Å². The lowest BCUT2D eigenvalue weighted by atomic mass is 9.82. The van der Waals surface area contributed by atoms with Crippen LogP contribution in [0, 0.1) is 15.3 Å². The number of hydroxylamine groups is 1. The van der Waals surface area contributed by atoms with Gasteiger partial charge in [-0.05, 0) is 18.9 Å². The molecule has 0 N–H and O–H groups in total. The van der Waals surface area contributed by atoms with Gasteiger partial charge in [-0.2, -0.15) is 4.74 Å². The number of ketones is 1. The number of carbonyl (C=O) groups excluding carboxylic acids is 1. The van der Waals surface area contributed by atoms with Crippen molar-refractivity contribution in [3.8, 4) is 0 Å². The first-order chi connectivity index (χ1) is 8.93. The Morgan fingerprint density at radius 1 is 1.37 bits per heavy atom. The van der Waals surface area contributed by atoms with Crippen LogP contribution in [0.5, 0.6) is 0 Å². The molecule has 1 aliphatic carbocycles. The number of hydrogen-bond acceptors (Lipinski definition) is 5. The standard InChI is InChI=1S/C12H14N2O5/c1-12(7-3-2-4-10(12)15)13(16)8-9-5-6-11(19-9)14(17)18/h5-6,8H,2-4,7H2,1H3/b13-8-/t12-/m0/s1. The van der Waals surface area contributed by atoms with Crippen LogP contribution in [0.1, 0.15) is 38.4 Å². The van der Waals surface area contributed by atoms with E-state index in [9.17, 15) is 20.1 Å². The number of nitrogens with zero attached hydrogens (tertiary/aromatic N) is 2. The summed E-state index contributed by atoms with van der Waals surface area (Å²) in [5, 5.41) is 22.6. The largest absolute Gasteiger partial charge is 0.623 e. The van der Waals surface area contributed by atoms with Gasteiger partial charge in [0.25, 0.3) is 0 Å². The predicted molar refractivity (Wildman–Crippen MR) is 66.0 cm³/mol. The molecule has 2 rings (SSSR count). The Kier molecular flexibility index (Phi) is 3.37. The fourth-order valence-corrected chi connectivity index (χ4v) is 2.16. The van der Waals surface area contributed by atoms with Crippen LogP contribution < -0.4 is 0 Å². The van der Waals surface area contributed by atoms with Gasteiger partial charge in [0.1, 0.15) is 4.92 Å². The molecule has 1 aromatic rings. The zero-order valence-electron chi connectivity index (χ0n) is 10.5. The quantitative estimate of drug-likeness (QED) is 0.274. The molecule has 0 bridgehead atoms. The lowest BCUT2D eigenvalue weighted by Crippen LogP contribution is -2.46. The van der Waals surface area contributed by atoms with Crippen LogP contribution in [0.25, 0.3) is 0 Å². The molecule has 0 aliphatic heterocycles. The van der Waals surface area contributed by atoms with E-state index in [4.69, 9.17) is 4.42 Å². The summed E-state index contributed by atoms with van der Waals surface area (Å²) >= 11 is 0. The SMILES string of the molecule is C[C@]1(/[N+]([O-])=C/c2ccc([N+](=O)[O-])o2)CCCCC1=O. The summed E-state index contributed by atoms with van der Waals surface area (Å²) in [5.74, 6) is -0.466. The van der Waals surface area contributed by atoms with E-state index < -0.39 is 16.3 Å². The Morgan fingerprint density at radius 2 is 2.11 bits per heavy atom. The summed E-state index contributed by atoms with van der Waals surface area (Å²) in [7, 11) is 0. The van der Waals surface area contributed by atoms with Gasteiger partial charge < -0.3 is 9.62 Å². The third kappa shape index (κ3) is 2.49. The van der Waals surface area contributed by atoms with E-state index in [1.807, 2.05) is 0 Å². The van der Waals surface area contributed by atoms with Crippen molar-refractivity contribution in [1.29, 1.82) is 0 Å². The maximum Gasteiger partial charge on any atom is 0.433 e. The lowest BCUT2D eigenvalue weighted by Gasteiger charge is -2.29. The molecule has 19 heavy (non-hydrogen) atoms. The average molecular weight is 266 g/mol. The van der Waals surface area contributed by atoms with Crippen molar-refractivity contribution in [2.45, 2.75) is 38.1 Å². The van der Waals surface area contributed by atoms with E-state index in [-0.39, 0.29) is 11.5 Å². The van der Waals surface area contributed by atoms with Crippen LogP contribution in [0.2, 0.25) is 0 Å². The van der Waals surface area contributed by atoms with Crippen LogP contribution in [0.3, 0.4) is 0 Å². The van der Waals surface area contributed by atoms with Crippen molar-refractivity contribution >= 4 is 17.9 Å². The van der Waals surface area contributed by atoms with Crippen LogP contribution >= 0.6 is 0 Å². The molecule has 1 saturated carbocycles. The Bertz CT molecular complexity index is 548. The van der Waals surface area contributed by atoms with Crippen molar-refractivity contribution < 1.29 is 18.9 Å². The Morgan fingerprint density at radius 3 is 2.68 bits per heavy atom. The smallest absolute Gasteiger partial charge is 0.433 e. The summed E-state index contributed by atoms with van der Waals surface area (Å²) < 4.78 is 5.43. The maximum absolute atomic E-state index is 12.1. The number of nitro groups is 1. The van der Waals surface area contributed by atoms with E-state index in [1.54, 1.807) is 6.92 Å². The minimum absolute atomic E-state index is 0.0706. The number of furan rings is 1. The minimum atomic E-state index is -1.10. The molecular formula is C12H14N2O5. The van der Waals surface area contributed by atoms with Crippen molar-refractivity contribution in [2.24, 2.45) is 0 Å². The predicted octanol–water partition coefficient (Wildman–Crippen LogP) is 2.02. The van der Waals surface area contributed by atoms with Gasteiger partial charge in [-0.1, -0.05) is 0 Å². The van der Waals surface area contributed by atoms with Gasteiger partial charge in [0.15, 0.2) is 5.76 Å². The second-order valence-electron chi connectivity index (χ2n) is 4.79. The highest BCUT2D eigenvalue weighted by Crippen LogP contribution is 2.27. The molecule has 1 aliphatic rings. The Hall–Kier alpha value is -2.18. The number of Topliss-reactive ketones (excluding diaryl/α,β-unsaturated/α-hetero) is 1. The Labute approximate surface area is 109 Å². The minimum Gasteiger partial charge on any atom is -0.623 e. The molecule has 7 heteroatoms. The highest BCUT2D eigenvalue weighted by Gasteiger charge is 2.43. The molecule has 1 heterocycles. The van der Waals surface area contributed by atoms with Crippen molar-refractivity contribution in [2.75, 3.05) is 0 Å². The summed E-state index contributed by atoms with van der Waals surface area (Å²) in [6, 6.07) is 2.50. The first kappa shape index (κ1) is 13.3. The van der Waals surface area contributed by atoms with Crippen molar-refractivity contribution in [3.05, 3.63) is 33.2 Å². The highest BCUT2D eigenvalue weighted by atomic mass is 16.6. The van der Waals surface area contributed by atoms with Gasteiger partial charge in [-0.25, -0.2) is 0 Å². The molecule has 0 unspecified atom stereocenters.